The number of piperidine rings is 3. The number of rotatable bonds is 2. The molecular weight excluding hydrogens is 224 g/mol. The lowest BCUT2D eigenvalue weighted by Crippen LogP contribution is -2.57. The van der Waals surface area contributed by atoms with Gasteiger partial charge in [0.2, 0.25) is 0 Å². The van der Waals surface area contributed by atoms with Crippen molar-refractivity contribution in [1.29, 1.82) is 0 Å². The van der Waals surface area contributed by atoms with Crippen LogP contribution in [-0.2, 0) is 0 Å². The highest BCUT2D eigenvalue weighted by atomic mass is 16.1. The Morgan fingerprint density at radius 1 is 1.22 bits per heavy atom. The third-order valence-corrected chi connectivity index (χ3v) is 4.29. The first-order valence-electron chi connectivity index (χ1n) is 6.82. The summed E-state index contributed by atoms with van der Waals surface area (Å²) in [5.41, 5.74) is 1.96. The number of benzene rings is 1. The van der Waals surface area contributed by atoms with Crippen LogP contribution in [0.4, 0.5) is 0 Å². The highest BCUT2D eigenvalue weighted by molar-refractivity contribution is 5.94. The van der Waals surface area contributed by atoms with E-state index in [0.717, 1.165) is 12.1 Å². The van der Waals surface area contributed by atoms with E-state index in [0.29, 0.717) is 12.0 Å². The van der Waals surface area contributed by atoms with E-state index in [9.17, 15) is 4.79 Å². The van der Waals surface area contributed by atoms with E-state index in [1.54, 1.807) is 0 Å². The fourth-order valence-corrected chi connectivity index (χ4v) is 3.09. The van der Waals surface area contributed by atoms with Crippen LogP contribution in [0.25, 0.3) is 0 Å². The summed E-state index contributed by atoms with van der Waals surface area (Å²) in [7, 11) is 0. The van der Waals surface area contributed by atoms with Crippen molar-refractivity contribution >= 4 is 5.91 Å². The molecule has 2 bridgehead atoms. The molecule has 3 fully saturated rings. The van der Waals surface area contributed by atoms with Gasteiger partial charge in [-0.05, 0) is 50.9 Å². The van der Waals surface area contributed by atoms with Gasteiger partial charge < -0.3 is 10.2 Å². The second kappa shape index (κ2) is 4.73. The van der Waals surface area contributed by atoms with Gasteiger partial charge in [0.1, 0.15) is 0 Å². The third-order valence-electron chi connectivity index (χ3n) is 4.29. The maximum Gasteiger partial charge on any atom is 0.251 e. The molecule has 96 valence electrons. The number of hydrogen-bond donors (Lipinski definition) is 1. The number of aryl methyl sites for hydroxylation is 1. The highest BCUT2D eigenvalue weighted by Crippen LogP contribution is 2.27. The Labute approximate surface area is 108 Å². The van der Waals surface area contributed by atoms with Gasteiger partial charge in [-0.3, -0.25) is 4.79 Å². The summed E-state index contributed by atoms with van der Waals surface area (Å²) < 4.78 is 0. The summed E-state index contributed by atoms with van der Waals surface area (Å²) in [6.07, 6.45) is 2.47. The molecule has 18 heavy (non-hydrogen) atoms. The minimum atomic E-state index is 0.0775. The molecule has 1 atom stereocenters. The van der Waals surface area contributed by atoms with E-state index in [-0.39, 0.29) is 5.91 Å². The van der Waals surface area contributed by atoms with Crippen molar-refractivity contribution in [1.82, 2.24) is 10.2 Å². The van der Waals surface area contributed by atoms with Crippen LogP contribution in [0.3, 0.4) is 0 Å². The van der Waals surface area contributed by atoms with Gasteiger partial charge in [-0.25, -0.2) is 0 Å². The summed E-state index contributed by atoms with van der Waals surface area (Å²) in [5.74, 6) is 0.762. The number of fused-ring (bicyclic) bond motifs is 3. The lowest BCUT2D eigenvalue weighted by Gasteiger charge is -2.44. The molecule has 0 spiro atoms. The Morgan fingerprint density at radius 2 is 1.89 bits per heavy atom. The second-order valence-corrected chi connectivity index (χ2v) is 5.58. The van der Waals surface area contributed by atoms with Gasteiger partial charge >= 0.3 is 0 Å². The molecule has 4 rings (SSSR count). The van der Waals surface area contributed by atoms with Gasteiger partial charge in [-0.2, -0.15) is 0 Å². The van der Waals surface area contributed by atoms with Gasteiger partial charge in [-0.1, -0.05) is 17.7 Å². The van der Waals surface area contributed by atoms with E-state index in [4.69, 9.17) is 0 Å². The zero-order valence-corrected chi connectivity index (χ0v) is 10.9. The minimum absolute atomic E-state index is 0.0775. The van der Waals surface area contributed by atoms with Crippen LogP contribution in [-0.4, -0.2) is 36.5 Å². The summed E-state index contributed by atoms with van der Waals surface area (Å²) >= 11 is 0. The maximum absolute atomic E-state index is 12.2. The molecule has 0 aliphatic carbocycles. The molecule has 3 aliphatic rings. The van der Waals surface area contributed by atoms with Gasteiger partial charge in [0, 0.05) is 18.2 Å². The normalized spacial score (nSPS) is 30.2. The van der Waals surface area contributed by atoms with Gasteiger partial charge in [-0.15, -0.1) is 0 Å². The monoisotopic (exact) mass is 244 g/mol. The van der Waals surface area contributed by atoms with Gasteiger partial charge in [0.15, 0.2) is 0 Å². The molecule has 1 aromatic carbocycles. The van der Waals surface area contributed by atoms with Crippen LogP contribution in [0, 0.1) is 12.8 Å². The highest BCUT2D eigenvalue weighted by Gasteiger charge is 2.34. The Kier molecular flexibility index (Phi) is 3.08. The van der Waals surface area contributed by atoms with Crippen LogP contribution in [0.15, 0.2) is 24.3 Å². The number of amides is 1. The maximum atomic E-state index is 12.2. The topological polar surface area (TPSA) is 32.3 Å². The molecule has 3 nitrogen and oxygen atoms in total. The molecular formula is C15H20N2O. The van der Waals surface area contributed by atoms with Crippen molar-refractivity contribution in [2.45, 2.75) is 25.8 Å². The predicted molar refractivity (Wildman–Crippen MR) is 71.6 cm³/mol. The van der Waals surface area contributed by atoms with Crippen LogP contribution in [0.5, 0.6) is 0 Å². The van der Waals surface area contributed by atoms with Crippen molar-refractivity contribution in [3.05, 3.63) is 35.4 Å². The lowest BCUT2D eigenvalue weighted by atomic mass is 9.84. The van der Waals surface area contributed by atoms with Gasteiger partial charge in [0.05, 0.1) is 0 Å². The smallest absolute Gasteiger partial charge is 0.251 e. The second-order valence-electron chi connectivity index (χ2n) is 5.58. The Bertz CT molecular complexity index is 432. The Morgan fingerprint density at radius 3 is 2.44 bits per heavy atom. The number of carbonyl (C=O) groups is 1. The molecule has 3 heterocycles. The standard InChI is InChI=1S/C15H20N2O/c1-11-2-4-13(5-3-11)15(18)16-14-10-17-8-6-12(14)7-9-17/h2-5,12,14H,6-10H2,1H3,(H,16,18)/t14-/m1/s1. The molecule has 0 saturated carbocycles. The van der Waals surface area contributed by atoms with Crippen molar-refractivity contribution < 1.29 is 4.79 Å². The number of nitrogens with zero attached hydrogens (tertiary/aromatic N) is 1. The van der Waals surface area contributed by atoms with Crippen LogP contribution < -0.4 is 5.32 Å². The molecule has 1 aromatic rings. The molecule has 0 aromatic heterocycles. The third kappa shape index (κ3) is 2.27. The first kappa shape index (κ1) is 11.7. The van der Waals surface area contributed by atoms with Crippen molar-refractivity contribution in [2.24, 2.45) is 5.92 Å². The zero-order valence-electron chi connectivity index (χ0n) is 10.9. The molecule has 3 heteroatoms. The molecule has 3 saturated heterocycles. The van der Waals surface area contributed by atoms with Crippen LogP contribution in [0.2, 0.25) is 0 Å². The minimum Gasteiger partial charge on any atom is -0.348 e. The van der Waals surface area contributed by atoms with E-state index in [1.165, 1.54) is 31.5 Å². The molecule has 3 aliphatic heterocycles. The van der Waals surface area contributed by atoms with Crippen molar-refractivity contribution in [3.8, 4) is 0 Å². The average Bonchev–Trinajstić information content (AvgIpc) is 2.41. The molecule has 1 amide bonds. The summed E-state index contributed by atoms with van der Waals surface area (Å²) in [6, 6.07) is 8.15. The van der Waals surface area contributed by atoms with Gasteiger partial charge in [0.25, 0.3) is 5.91 Å². The fourth-order valence-electron chi connectivity index (χ4n) is 3.09. The predicted octanol–water partition coefficient (Wildman–Crippen LogP) is 1.82. The van der Waals surface area contributed by atoms with Crippen molar-refractivity contribution in [3.63, 3.8) is 0 Å². The molecule has 1 N–H and O–H groups in total. The summed E-state index contributed by atoms with van der Waals surface area (Å²) in [5, 5.41) is 3.21. The Hall–Kier alpha value is -1.35. The summed E-state index contributed by atoms with van der Waals surface area (Å²) in [6.45, 7) is 5.49. The first-order valence-corrected chi connectivity index (χ1v) is 6.82. The van der Waals surface area contributed by atoms with Crippen LogP contribution >= 0.6 is 0 Å². The number of carbonyl (C=O) groups excluding carboxylic acids is 1. The summed E-state index contributed by atoms with van der Waals surface area (Å²) in [4.78, 5) is 14.6. The Balaban J connectivity index is 1.66. The zero-order chi connectivity index (χ0) is 12.5. The lowest BCUT2D eigenvalue weighted by molar-refractivity contribution is 0.0620. The quantitative estimate of drug-likeness (QED) is 0.860. The fraction of sp³-hybridized carbons (Fsp3) is 0.533. The van der Waals surface area contributed by atoms with Crippen LogP contribution in [0.1, 0.15) is 28.8 Å². The molecule has 0 radical (unpaired) electrons. The number of nitrogens with one attached hydrogen (secondary N) is 1. The largest absolute Gasteiger partial charge is 0.348 e. The van der Waals surface area contributed by atoms with E-state index in [1.807, 2.05) is 31.2 Å². The SMILES string of the molecule is Cc1ccc(C(=O)N[C@@H]2CN3CCC2CC3)cc1. The van der Waals surface area contributed by atoms with Crippen molar-refractivity contribution in [2.75, 3.05) is 19.6 Å². The molecule has 0 unspecified atom stereocenters. The van der Waals surface area contributed by atoms with E-state index < -0.39 is 0 Å². The van der Waals surface area contributed by atoms with E-state index in [2.05, 4.69) is 10.2 Å². The van der Waals surface area contributed by atoms with E-state index >= 15 is 0 Å². The first-order chi connectivity index (χ1) is 8.72. The average molecular weight is 244 g/mol. The number of hydrogen-bond acceptors (Lipinski definition) is 2.